The Morgan fingerprint density at radius 1 is 1.11 bits per heavy atom. The first-order valence-corrected chi connectivity index (χ1v) is 8.37. The largest absolute Gasteiger partial charge is 0.466 e. The van der Waals surface area contributed by atoms with Crippen molar-refractivity contribution in [1.29, 1.82) is 0 Å². The normalized spacial score (nSPS) is 12.5. The second-order valence-electron chi connectivity index (χ2n) is 5.61. The van der Waals surface area contributed by atoms with Crippen molar-refractivity contribution in [3.63, 3.8) is 0 Å². The Hall–Kier alpha value is -3.52. The van der Waals surface area contributed by atoms with Crippen LogP contribution < -0.4 is 15.4 Å². The lowest BCUT2D eigenvalue weighted by Crippen LogP contribution is -2.16. The van der Waals surface area contributed by atoms with Crippen LogP contribution in [0.25, 0.3) is 0 Å². The van der Waals surface area contributed by atoms with Gasteiger partial charge >= 0.3 is 11.9 Å². The summed E-state index contributed by atoms with van der Waals surface area (Å²) in [6, 6.07) is 9.50. The maximum absolute atomic E-state index is 12.6. The Labute approximate surface area is 165 Å². The molecule has 2 N–H and O–H groups in total. The van der Waals surface area contributed by atoms with Gasteiger partial charge in [0.25, 0.3) is 5.91 Å². The zero-order valence-corrected chi connectivity index (χ0v) is 15.6. The molecule has 0 atom stereocenters. The molecule has 0 radical (unpaired) electrons. The molecule has 1 aliphatic rings. The van der Waals surface area contributed by atoms with Crippen LogP contribution in [0, 0.1) is 0 Å². The van der Waals surface area contributed by atoms with Gasteiger partial charge < -0.3 is 24.8 Å². The second-order valence-corrected chi connectivity index (χ2v) is 6.04. The van der Waals surface area contributed by atoms with Crippen LogP contribution in [0.4, 0.5) is 11.4 Å². The predicted molar refractivity (Wildman–Crippen MR) is 102 cm³/mol. The second kappa shape index (κ2) is 8.01. The van der Waals surface area contributed by atoms with Crippen molar-refractivity contribution in [3.8, 4) is 11.5 Å². The number of methoxy groups -OCH3 is 2. The zero-order chi connectivity index (χ0) is 20.3. The summed E-state index contributed by atoms with van der Waals surface area (Å²) in [5, 5.41) is 5.91. The Bertz CT molecular complexity index is 1000. The molecule has 0 saturated heterocycles. The van der Waals surface area contributed by atoms with Gasteiger partial charge in [0, 0.05) is 10.7 Å². The average Bonchev–Trinajstić information content (AvgIpc) is 2.82. The number of nitrogens with one attached hydrogen (secondary N) is 2. The Morgan fingerprint density at radius 3 is 2.57 bits per heavy atom. The van der Waals surface area contributed by atoms with Crippen molar-refractivity contribution in [2.45, 2.75) is 0 Å². The number of rotatable bonds is 4. The standard InChI is InChI=1S/C19H15ClN2O6/c1-26-17(23)9-14(19(25)27-2)21-11-4-6-15-12(8-11)18(24)22-13-7-10(20)3-5-16(13)28-15/h3-9,21H,1-2H3,(H,22,24)/b14-9+. The highest BCUT2D eigenvalue weighted by Crippen LogP contribution is 2.38. The first-order valence-electron chi connectivity index (χ1n) is 7.99. The molecule has 9 heteroatoms. The fraction of sp³-hybridized carbons (Fsp3) is 0.105. The van der Waals surface area contributed by atoms with E-state index in [4.69, 9.17) is 16.3 Å². The first kappa shape index (κ1) is 19.2. The lowest BCUT2D eigenvalue weighted by molar-refractivity contribution is -0.138. The maximum Gasteiger partial charge on any atom is 0.354 e. The fourth-order valence-corrected chi connectivity index (χ4v) is 2.63. The van der Waals surface area contributed by atoms with E-state index >= 15 is 0 Å². The molecule has 0 spiro atoms. The van der Waals surface area contributed by atoms with Crippen LogP contribution in [0.5, 0.6) is 11.5 Å². The smallest absolute Gasteiger partial charge is 0.354 e. The predicted octanol–water partition coefficient (Wildman–Crippen LogP) is 3.34. The average molecular weight is 403 g/mol. The van der Waals surface area contributed by atoms with Gasteiger partial charge in [-0.25, -0.2) is 9.59 Å². The number of fused-ring (bicyclic) bond motifs is 2. The molecule has 1 heterocycles. The van der Waals surface area contributed by atoms with Crippen LogP contribution >= 0.6 is 11.6 Å². The van der Waals surface area contributed by atoms with E-state index in [1.54, 1.807) is 30.3 Å². The van der Waals surface area contributed by atoms with E-state index in [1.807, 2.05) is 0 Å². The summed E-state index contributed by atoms with van der Waals surface area (Å²) in [5.74, 6) is -1.17. The first-order chi connectivity index (χ1) is 13.4. The van der Waals surface area contributed by atoms with Gasteiger partial charge in [-0.2, -0.15) is 0 Å². The highest BCUT2D eigenvalue weighted by molar-refractivity contribution is 6.31. The maximum atomic E-state index is 12.6. The minimum absolute atomic E-state index is 0.153. The number of esters is 2. The monoisotopic (exact) mass is 402 g/mol. The molecule has 3 rings (SSSR count). The van der Waals surface area contributed by atoms with Crippen molar-refractivity contribution in [1.82, 2.24) is 0 Å². The zero-order valence-electron chi connectivity index (χ0n) is 14.9. The van der Waals surface area contributed by atoms with Gasteiger partial charge in [-0.1, -0.05) is 11.6 Å². The summed E-state index contributed by atoms with van der Waals surface area (Å²) >= 11 is 5.96. The minimum atomic E-state index is -0.775. The lowest BCUT2D eigenvalue weighted by atomic mass is 10.1. The molecular weight excluding hydrogens is 388 g/mol. The molecule has 144 valence electrons. The fourth-order valence-electron chi connectivity index (χ4n) is 2.46. The lowest BCUT2D eigenvalue weighted by Gasteiger charge is -2.12. The number of hydrogen-bond donors (Lipinski definition) is 2. The summed E-state index contributed by atoms with van der Waals surface area (Å²) in [5.41, 5.74) is 0.866. The highest BCUT2D eigenvalue weighted by atomic mass is 35.5. The number of anilines is 2. The van der Waals surface area contributed by atoms with Gasteiger partial charge in [-0.05, 0) is 36.4 Å². The minimum Gasteiger partial charge on any atom is -0.466 e. The van der Waals surface area contributed by atoms with E-state index in [1.165, 1.54) is 20.3 Å². The van der Waals surface area contributed by atoms with Gasteiger partial charge in [-0.3, -0.25) is 4.79 Å². The number of carbonyl (C=O) groups excluding carboxylic acids is 3. The SMILES string of the molecule is COC(=O)/C=C(/Nc1ccc2c(c1)C(=O)Nc1cc(Cl)ccc1O2)C(=O)OC. The van der Waals surface area contributed by atoms with Crippen molar-refractivity contribution < 1.29 is 28.6 Å². The quantitative estimate of drug-likeness (QED) is 0.597. The van der Waals surface area contributed by atoms with E-state index < -0.39 is 17.8 Å². The highest BCUT2D eigenvalue weighted by Gasteiger charge is 2.22. The Kier molecular flexibility index (Phi) is 5.51. The summed E-state index contributed by atoms with van der Waals surface area (Å²) in [7, 11) is 2.36. The number of halogens is 1. The van der Waals surface area contributed by atoms with Gasteiger partial charge in [0.1, 0.15) is 11.4 Å². The molecule has 0 fully saturated rings. The van der Waals surface area contributed by atoms with Crippen LogP contribution in [0.15, 0.2) is 48.2 Å². The van der Waals surface area contributed by atoms with Crippen LogP contribution in [0.1, 0.15) is 10.4 Å². The molecule has 1 aliphatic heterocycles. The summed E-state index contributed by atoms with van der Waals surface area (Å²) in [4.78, 5) is 35.9. The summed E-state index contributed by atoms with van der Waals surface area (Å²) in [6.07, 6.45) is 0.950. The molecule has 28 heavy (non-hydrogen) atoms. The molecule has 0 aromatic heterocycles. The number of carbonyl (C=O) groups is 3. The molecule has 2 aromatic carbocycles. The Balaban J connectivity index is 1.93. The van der Waals surface area contributed by atoms with Crippen molar-refractivity contribution in [2.24, 2.45) is 0 Å². The van der Waals surface area contributed by atoms with Crippen molar-refractivity contribution in [2.75, 3.05) is 24.9 Å². The van der Waals surface area contributed by atoms with E-state index in [0.717, 1.165) is 6.08 Å². The van der Waals surface area contributed by atoms with Crippen LogP contribution in [-0.4, -0.2) is 32.1 Å². The van der Waals surface area contributed by atoms with Crippen LogP contribution in [0.3, 0.4) is 0 Å². The van der Waals surface area contributed by atoms with Crippen molar-refractivity contribution in [3.05, 3.63) is 58.8 Å². The van der Waals surface area contributed by atoms with Crippen LogP contribution in [-0.2, 0) is 19.1 Å². The third-order valence-corrected chi connectivity index (χ3v) is 4.02. The molecule has 0 aliphatic carbocycles. The number of ether oxygens (including phenoxy) is 3. The van der Waals surface area contributed by atoms with Gasteiger partial charge in [0.2, 0.25) is 0 Å². The Morgan fingerprint density at radius 2 is 1.86 bits per heavy atom. The number of hydrogen-bond acceptors (Lipinski definition) is 7. The molecule has 0 saturated carbocycles. The van der Waals surface area contributed by atoms with Gasteiger partial charge in [0.05, 0.1) is 31.5 Å². The van der Waals surface area contributed by atoms with Crippen molar-refractivity contribution >= 4 is 40.8 Å². The van der Waals surface area contributed by atoms with Crippen LogP contribution in [0.2, 0.25) is 5.02 Å². The summed E-state index contributed by atoms with van der Waals surface area (Å²) < 4.78 is 15.0. The van der Waals surface area contributed by atoms with E-state index in [2.05, 4.69) is 20.1 Å². The molecule has 1 amide bonds. The van der Waals surface area contributed by atoms with E-state index in [-0.39, 0.29) is 11.3 Å². The van der Waals surface area contributed by atoms with Gasteiger partial charge in [0.15, 0.2) is 5.75 Å². The molecule has 0 bridgehead atoms. The van der Waals surface area contributed by atoms with E-state index in [0.29, 0.717) is 27.9 Å². The third-order valence-electron chi connectivity index (χ3n) is 3.78. The third kappa shape index (κ3) is 4.07. The number of amides is 1. The summed E-state index contributed by atoms with van der Waals surface area (Å²) in [6.45, 7) is 0. The number of benzene rings is 2. The van der Waals surface area contributed by atoms with E-state index in [9.17, 15) is 14.4 Å². The van der Waals surface area contributed by atoms with Gasteiger partial charge in [-0.15, -0.1) is 0 Å². The molecule has 0 unspecified atom stereocenters. The molecule has 8 nitrogen and oxygen atoms in total. The topological polar surface area (TPSA) is 103 Å². The molecule has 2 aromatic rings. The molecular formula is C19H15ClN2O6.